The Labute approximate surface area is 113 Å². The highest BCUT2D eigenvalue weighted by Gasteiger charge is 2.32. The Kier molecular flexibility index (Phi) is 6.80. The minimum Gasteiger partial charge on any atom is -0.480 e. The number of nitrogens with one attached hydrogen (secondary N) is 2. The van der Waals surface area contributed by atoms with E-state index in [1.807, 2.05) is 7.05 Å². The predicted molar refractivity (Wildman–Crippen MR) is 71.0 cm³/mol. The first kappa shape index (κ1) is 15.9. The number of hydrogen-bond acceptors (Lipinski definition) is 4. The molecular formula is C13H24N2O4. The number of rotatable bonds is 8. The van der Waals surface area contributed by atoms with E-state index in [0.717, 1.165) is 25.7 Å². The summed E-state index contributed by atoms with van der Waals surface area (Å²) >= 11 is 0. The van der Waals surface area contributed by atoms with E-state index in [1.54, 1.807) is 0 Å². The van der Waals surface area contributed by atoms with Crippen LogP contribution in [0, 0.1) is 0 Å². The van der Waals surface area contributed by atoms with Crippen LogP contribution in [-0.4, -0.2) is 49.3 Å². The van der Waals surface area contributed by atoms with Gasteiger partial charge >= 0.3 is 5.97 Å². The van der Waals surface area contributed by atoms with Gasteiger partial charge in [0.2, 0.25) is 5.91 Å². The van der Waals surface area contributed by atoms with Crippen molar-refractivity contribution in [1.29, 1.82) is 0 Å². The number of carboxylic acids is 1. The molecule has 0 aromatic carbocycles. The first-order chi connectivity index (χ1) is 9.08. The summed E-state index contributed by atoms with van der Waals surface area (Å²) in [6, 6.07) is 0. The SMILES string of the molecule is CNC1(CC(=O)NCCOCC(=O)O)CCCCC1. The largest absolute Gasteiger partial charge is 0.480 e. The van der Waals surface area contributed by atoms with Gasteiger partial charge in [0.05, 0.1) is 6.61 Å². The molecule has 19 heavy (non-hydrogen) atoms. The third kappa shape index (κ3) is 6.02. The molecule has 0 aromatic heterocycles. The topological polar surface area (TPSA) is 87.7 Å². The number of aliphatic carboxylic acids is 1. The molecule has 3 N–H and O–H groups in total. The van der Waals surface area contributed by atoms with Crippen molar-refractivity contribution in [2.75, 3.05) is 26.8 Å². The number of carbonyl (C=O) groups excluding carboxylic acids is 1. The average molecular weight is 272 g/mol. The lowest BCUT2D eigenvalue weighted by Gasteiger charge is -2.36. The van der Waals surface area contributed by atoms with Gasteiger partial charge in [0, 0.05) is 18.5 Å². The summed E-state index contributed by atoms with van der Waals surface area (Å²) in [5.41, 5.74) is -0.0652. The van der Waals surface area contributed by atoms with Gasteiger partial charge in [-0.1, -0.05) is 19.3 Å². The Bertz CT molecular complexity index is 301. The van der Waals surface area contributed by atoms with Gasteiger partial charge in [-0.25, -0.2) is 4.79 Å². The Hall–Kier alpha value is -1.14. The van der Waals surface area contributed by atoms with Crippen molar-refractivity contribution in [2.24, 2.45) is 0 Å². The Balaban J connectivity index is 2.20. The van der Waals surface area contributed by atoms with Crippen LogP contribution in [0.25, 0.3) is 0 Å². The Morgan fingerprint density at radius 3 is 2.53 bits per heavy atom. The monoisotopic (exact) mass is 272 g/mol. The maximum Gasteiger partial charge on any atom is 0.329 e. The number of amides is 1. The molecule has 0 saturated heterocycles. The van der Waals surface area contributed by atoms with Crippen LogP contribution in [0.2, 0.25) is 0 Å². The van der Waals surface area contributed by atoms with Crippen LogP contribution >= 0.6 is 0 Å². The van der Waals surface area contributed by atoms with Gasteiger partial charge in [-0.15, -0.1) is 0 Å². The first-order valence-electron chi connectivity index (χ1n) is 6.83. The van der Waals surface area contributed by atoms with Crippen molar-refractivity contribution < 1.29 is 19.4 Å². The highest BCUT2D eigenvalue weighted by Crippen LogP contribution is 2.30. The van der Waals surface area contributed by atoms with Gasteiger partial charge in [-0.3, -0.25) is 4.79 Å². The van der Waals surface area contributed by atoms with Crippen LogP contribution < -0.4 is 10.6 Å². The molecule has 0 atom stereocenters. The molecule has 0 radical (unpaired) electrons. The van der Waals surface area contributed by atoms with E-state index in [4.69, 9.17) is 9.84 Å². The second-order valence-corrected chi connectivity index (χ2v) is 5.06. The van der Waals surface area contributed by atoms with Crippen molar-refractivity contribution in [3.8, 4) is 0 Å². The molecule has 0 heterocycles. The maximum atomic E-state index is 11.8. The third-order valence-electron chi connectivity index (χ3n) is 3.63. The fraction of sp³-hybridized carbons (Fsp3) is 0.846. The molecule has 1 rings (SSSR count). The molecule has 1 amide bonds. The van der Waals surface area contributed by atoms with E-state index in [1.165, 1.54) is 6.42 Å². The lowest BCUT2D eigenvalue weighted by molar-refractivity contribution is -0.142. The van der Waals surface area contributed by atoms with Crippen molar-refractivity contribution >= 4 is 11.9 Å². The molecule has 0 spiro atoms. The average Bonchev–Trinajstić information content (AvgIpc) is 2.39. The van der Waals surface area contributed by atoms with Gasteiger partial charge in [-0.05, 0) is 19.9 Å². The van der Waals surface area contributed by atoms with Crippen LogP contribution in [0.15, 0.2) is 0 Å². The fourth-order valence-electron chi connectivity index (χ4n) is 2.54. The van der Waals surface area contributed by atoms with Crippen LogP contribution in [0.3, 0.4) is 0 Å². The summed E-state index contributed by atoms with van der Waals surface area (Å²) in [5, 5.41) is 14.4. The minimum atomic E-state index is -0.998. The number of carbonyl (C=O) groups is 2. The Morgan fingerprint density at radius 1 is 1.26 bits per heavy atom. The standard InChI is InChI=1S/C13H24N2O4/c1-14-13(5-3-2-4-6-13)9-11(16)15-7-8-19-10-12(17)18/h14H,2-10H2,1H3,(H,15,16)(H,17,18). The third-order valence-corrected chi connectivity index (χ3v) is 3.63. The van der Waals surface area contributed by atoms with Crippen molar-refractivity contribution in [3.63, 3.8) is 0 Å². The lowest BCUT2D eigenvalue weighted by atomic mass is 9.79. The van der Waals surface area contributed by atoms with E-state index >= 15 is 0 Å². The Morgan fingerprint density at radius 2 is 1.95 bits per heavy atom. The van der Waals surface area contributed by atoms with Crippen LogP contribution in [0.1, 0.15) is 38.5 Å². The van der Waals surface area contributed by atoms with Gasteiger partial charge in [0.15, 0.2) is 0 Å². The second kappa shape index (κ2) is 8.12. The summed E-state index contributed by atoms with van der Waals surface area (Å²) < 4.78 is 4.86. The zero-order valence-corrected chi connectivity index (χ0v) is 11.5. The molecule has 6 heteroatoms. The summed E-state index contributed by atoms with van der Waals surface area (Å²) in [7, 11) is 1.91. The highest BCUT2D eigenvalue weighted by atomic mass is 16.5. The number of hydrogen-bond donors (Lipinski definition) is 3. The van der Waals surface area contributed by atoms with Gasteiger partial charge in [0.1, 0.15) is 6.61 Å². The van der Waals surface area contributed by atoms with Gasteiger partial charge < -0.3 is 20.5 Å². The summed E-state index contributed by atoms with van der Waals surface area (Å²) in [6.07, 6.45) is 6.11. The highest BCUT2D eigenvalue weighted by molar-refractivity contribution is 5.77. The summed E-state index contributed by atoms with van der Waals surface area (Å²) in [5.74, 6) is -1.00. The first-order valence-corrected chi connectivity index (χ1v) is 6.83. The molecular weight excluding hydrogens is 248 g/mol. The quantitative estimate of drug-likeness (QED) is 0.561. The normalized spacial score (nSPS) is 17.9. The minimum absolute atomic E-state index is 0.00447. The number of carboxylic acid groups (broad SMARTS) is 1. The molecule has 0 unspecified atom stereocenters. The van der Waals surface area contributed by atoms with E-state index < -0.39 is 5.97 Å². The van der Waals surface area contributed by atoms with Crippen LogP contribution in [0.5, 0.6) is 0 Å². The molecule has 0 aliphatic heterocycles. The lowest BCUT2D eigenvalue weighted by Crippen LogP contribution is -2.48. The molecule has 1 aliphatic carbocycles. The molecule has 1 fully saturated rings. The maximum absolute atomic E-state index is 11.8. The molecule has 1 saturated carbocycles. The van der Waals surface area contributed by atoms with Gasteiger partial charge in [0.25, 0.3) is 0 Å². The van der Waals surface area contributed by atoms with Gasteiger partial charge in [-0.2, -0.15) is 0 Å². The number of ether oxygens (including phenoxy) is 1. The zero-order valence-electron chi connectivity index (χ0n) is 11.5. The van der Waals surface area contributed by atoms with Crippen molar-refractivity contribution in [2.45, 2.75) is 44.1 Å². The van der Waals surface area contributed by atoms with Crippen LogP contribution in [-0.2, 0) is 14.3 Å². The van der Waals surface area contributed by atoms with E-state index in [2.05, 4.69) is 10.6 Å². The molecule has 1 aliphatic rings. The zero-order chi connectivity index (χ0) is 14.1. The fourth-order valence-corrected chi connectivity index (χ4v) is 2.54. The summed E-state index contributed by atoms with van der Waals surface area (Å²) in [4.78, 5) is 22.1. The van der Waals surface area contributed by atoms with Crippen molar-refractivity contribution in [3.05, 3.63) is 0 Å². The molecule has 110 valence electrons. The van der Waals surface area contributed by atoms with E-state index in [9.17, 15) is 9.59 Å². The predicted octanol–water partition coefficient (Wildman–Crippen LogP) is 0.516. The van der Waals surface area contributed by atoms with E-state index in [0.29, 0.717) is 13.0 Å². The summed E-state index contributed by atoms with van der Waals surface area (Å²) in [6.45, 7) is 0.257. The van der Waals surface area contributed by atoms with Crippen LogP contribution in [0.4, 0.5) is 0 Å². The smallest absolute Gasteiger partial charge is 0.329 e. The molecule has 6 nitrogen and oxygen atoms in total. The molecule has 0 bridgehead atoms. The molecule has 0 aromatic rings. The van der Waals surface area contributed by atoms with E-state index in [-0.39, 0.29) is 24.7 Å². The second-order valence-electron chi connectivity index (χ2n) is 5.06. The van der Waals surface area contributed by atoms with Crippen molar-refractivity contribution in [1.82, 2.24) is 10.6 Å².